The van der Waals surface area contributed by atoms with Gasteiger partial charge in [0.2, 0.25) is 5.91 Å². The molecule has 1 atom stereocenters. The van der Waals surface area contributed by atoms with Crippen LogP contribution in [0, 0.1) is 17.7 Å². The van der Waals surface area contributed by atoms with Crippen LogP contribution in [0.3, 0.4) is 0 Å². The second-order valence-corrected chi connectivity index (χ2v) is 8.77. The Bertz CT molecular complexity index is 645. The molecular formula is C24H38FN3O. The Morgan fingerprint density at radius 1 is 1.14 bits per heavy atom. The van der Waals surface area contributed by atoms with E-state index in [1.165, 1.54) is 18.9 Å². The molecule has 0 aliphatic carbocycles. The van der Waals surface area contributed by atoms with E-state index in [0.717, 1.165) is 77.2 Å². The second kappa shape index (κ2) is 11.1. The summed E-state index contributed by atoms with van der Waals surface area (Å²) in [6.45, 7) is 12.3. The molecule has 2 aliphatic rings. The quantitative estimate of drug-likeness (QED) is 0.663. The normalized spacial score (nSPS) is 22.0. The highest BCUT2D eigenvalue weighted by Gasteiger charge is 2.30. The number of likely N-dealkylation sites (tertiary alicyclic amines) is 2. The molecule has 0 radical (unpaired) electrons. The van der Waals surface area contributed by atoms with Crippen molar-refractivity contribution in [3.8, 4) is 0 Å². The lowest BCUT2D eigenvalue weighted by molar-refractivity contribution is -0.137. The van der Waals surface area contributed by atoms with Crippen LogP contribution in [0.1, 0.15) is 45.1 Å². The maximum Gasteiger partial charge on any atom is 0.225 e. The average Bonchev–Trinajstić information content (AvgIpc) is 2.76. The summed E-state index contributed by atoms with van der Waals surface area (Å²) in [6, 6.07) is 6.94. The SMILES string of the molecule is CCN1CCC(C(=O)N(CC)C[C@@H]2CCCN(CCc3cccc(F)c3)C2)CC1. The van der Waals surface area contributed by atoms with Crippen LogP contribution in [0.4, 0.5) is 4.39 Å². The van der Waals surface area contributed by atoms with Crippen molar-refractivity contribution in [3.63, 3.8) is 0 Å². The number of rotatable bonds is 8. The fourth-order valence-corrected chi connectivity index (χ4v) is 4.92. The molecule has 1 aromatic rings. The monoisotopic (exact) mass is 403 g/mol. The molecule has 2 aliphatic heterocycles. The van der Waals surface area contributed by atoms with Gasteiger partial charge in [0.05, 0.1) is 0 Å². The number of hydrogen-bond donors (Lipinski definition) is 0. The van der Waals surface area contributed by atoms with Gasteiger partial charge < -0.3 is 14.7 Å². The van der Waals surface area contributed by atoms with Crippen LogP contribution < -0.4 is 0 Å². The first-order chi connectivity index (χ1) is 14.1. The average molecular weight is 404 g/mol. The van der Waals surface area contributed by atoms with Gasteiger partial charge in [-0.1, -0.05) is 19.1 Å². The maximum absolute atomic E-state index is 13.4. The lowest BCUT2D eigenvalue weighted by Crippen LogP contribution is -2.46. The molecule has 1 amide bonds. The number of benzene rings is 1. The van der Waals surface area contributed by atoms with Crippen molar-refractivity contribution in [2.75, 3.05) is 52.4 Å². The second-order valence-electron chi connectivity index (χ2n) is 8.77. The van der Waals surface area contributed by atoms with E-state index in [0.29, 0.717) is 11.8 Å². The molecule has 0 bridgehead atoms. The molecule has 3 rings (SSSR count). The first-order valence-electron chi connectivity index (χ1n) is 11.6. The van der Waals surface area contributed by atoms with Crippen LogP contribution in [-0.4, -0.2) is 73.0 Å². The smallest absolute Gasteiger partial charge is 0.225 e. The summed E-state index contributed by atoms with van der Waals surface area (Å²) in [5.41, 5.74) is 1.07. The molecule has 2 fully saturated rings. The minimum atomic E-state index is -0.152. The topological polar surface area (TPSA) is 26.8 Å². The summed E-state index contributed by atoms with van der Waals surface area (Å²) in [4.78, 5) is 20.1. The van der Waals surface area contributed by atoms with Gasteiger partial charge in [-0.25, -0.2) is 4.39 Å². The van der Waals surface area contributed by atoms with E-state index in [4.69, 9.17) is 0 Å². The van der Waals surface area contributed by atoms with Gasteiger partial charge in [0.25, 0.3) is 0 Å². The van der Waals surface area contributed by atoms with Crippen LogP contribution in [0.15, 0.2) is 24.3 Å². The van der Waals surface area contributed by atoms with Crippen LogP contribution in [0.25, 0.3) is 0 Å². The fourth-order valence-electron chi connectivity index (χ4n) is 4.92. The van der Waals surface area contributed by atoms with E-state index in [1.54, 1.807) is 12.1 Å². The minimum absolute atomic E-state index is 0.152. The van der Waals surface area contributed by atoms with Gasteiger partial charge in [0.15, 0.2) is 0 Å². The largest absolute Gasteiger partial charge is 0.342 e. The maximum atomic E-state index is 13.4. The first-order valence-corrected chi connectivity index (χ1v) is 11.6. The highest BCUT2D eigenvalue weighted by molar-refractivity contribution is 5.79. The Balaban J connectivity index is 1.47. The van der Waals surface area contributed by atoms with Gasteiger partial charge in [-0.05, 0) is 88.8 Å². The Morgan fingerprint density at radius 2 is 1.93 bits per heavy atom. The highest BCUT2D eigenvalue weighted by atomic mass is 19.1. The summed E-state index contributed by atoms with van der Waals surface area (Å²) in [6.07, 6.45) is 5.29. The number of hydrogen-bond acceptors (Lipinski definition) is 3. The standard InChI is InChI=1S/C24H38FN3O/c1-3-26-15-11-22(12-16-26)24(29)28(4-2)19-21-8-6-13-27(18-21)14-10-20-7-5-9-23(25)17-20/h5,7,9,17,21-22H,3-4,6,8,10-16,18-19H2,1-2H3/t21-/m1/s1. The van der Waals surface area contributed by atoms with Gasteiger partial charge in [0.1, 0.15) is 5.82 Å². The van der Waals surface area contributed by atoms with Crippen LogP contribution in [-0.2, 0) is 11.2 Å². The molecule has 0 unspecified atom stereocenters. The van der Waals surface area contributed by atoms with Crippen molar-refractivity contribution in [1.29, 1.82) is 0 Å². The van der Waals surface area contributed by atoms with Crippen molar-refractivity contribution >= 4 is 5.91 Å². The summed E-state index contributed by atoms with van der Waals surface area (Å²) in [5.74, 6) is 0.988. The lowest BCUT2D eigenvalue weighted by atomic mass is 9.93. The van der Waals surface area contributed by atoms with Crippen molar-refractivity contribution in [2.24, 2.45) is 11.8 Å². The molecule has 162 valence electrons. The van der Waals surface area contributed by atoms with Crippen molar-refractivity contribution in [2.45, 2.75) is 46.0 Å². The zero-order chi connectivity index (χ0) is 20.6. The molecule has 2 heterocycles. The van der Waals surface area contributed by atoms with Crippen molar-refractivity contribution < 1.29 is 9.18 Å². The zero-order valence-corrected chi connectivity index (χ0v) is 18.3. The van der Waals surface area contributed by atoms with E-state index < -0.39 is 0 Å². The molecule has 0 aromatic heterocycles. The first kappa shape index (κ1) is 22.2. The van der Waals surface area contributed by atoms with Gasteiger partial charge in [-0.2, -0.15) is 0 Å². The number of carbonyl (C=O) groups excluding carboxylic acids is 1. The molecule has 0 N–H and O–H groups in total. The molecule has 2 saturated heterocycles. The summed E-state index contributed by atoms with van der Waals surface area (Å²) in [5, 5.41) is 0. The molecule has 1 aromatic carbocycles. The molecule has 0 spiro atoms. The van der Waals surface area contributed by atoms with E-state index in [1.807, 2.05) is 6.07 Å². The van der Waals surface area contributed by atoms with Gasteiger partial charge in [-0.3, -0.25) is 4.79 Å². The Labute approximate surface area is 176 Å². The van der Waals surface area contributed by atoms with Crippen LogP contribution in [0.2, 0.25) is 0 Å². The van der Waals surface area contributed by atoms with Gasteiger partial charge >= 0.3 is 0 Å². The number of halogens is 1. The van der Waals surface area contributed by atoms with Gasteiger partial charge in [0, 0.05) is 32.1 Å². The summed E-state index contributed by atoms with van der Waals surface area (Å²) < 4.78 is 13.4. The van der Waals surface area contributed by atoms with Crippen molar-refractivity contribution in [1.82, 2.24) is 14.7 Å². The summed E-state index contributed by atoms with van der Waals surface area (Å²) in [7, 11) is 0. The summed E-state index contributed by atoms with van der Waals surface area (Å²) >= 11 is 0. The number of piperidine rings is 2. The molecular weight excluding hydrogens is 365 g/mol. The molecule has 29 heavy (non-hydrogen) atoms. The van der Waals surface area contributed by atoms with E-state index in [-0.39, 0.29) is 11.7 Å². The fraction of sp³-hybridized carbons (Fsp3) is 0.708. The van der Waals surface area contributed by atoms with Crippen LogP contribution in [0.5, 0.6) is 0 Å². The van der Waals surface area contributed by atoms with Crippen LogP contribution >= 0.6 is 0 Å². The van der Waals surface area contributed by atoms with Crippen molar-refractivity contribution in [3.05, 3.63) is 35.6 Å². The Hall–Kier alpha value is -1.46. The van der Waals surface area contributed by atoms with E-state index in [9.17, 15) is 9.18 Å². The Kier molecular flexibility index (Phi) is 8.49. The molecule has 0 saturated carbocycles. The Morgan fingerprint density at radius 3 is 2.62 bits per heavy atom. The molecule has 4 nitrogen and oxygen atoms in total. The number of carbonyl (C=O) groups is 1. The third kappa shape index (κ3) is 6.51. The number of nitrogens with zero attached hydrogens (tertiary/aromatic N) is 3. The lowest BCUT2D eigenvalue weighted by Gasteiger charge is -2.37. The number of amides is 1. The third-order valence-electron chi connectivity index (χ3n) is 6.76. The van der Waals surface area contributed by atoms with Gasteiger partial charge in [-0.15, -0.1) is 0 Å². The highest BCUT2D eigenvalue weighted by Crippen LogP contribution is 2.23. The predicted octanol–water partition coefficient (Wildman–Crippen LogP) is 3.66. The van der Waals surface area contributed by atoms with E-state index in [2.05, 4.69) is 28.5 Å². The third-order valence-corrected chi connectivity index (χ3v) is 6.76. The molecule has 5 heteroatoms. The zero-order valence-electron chi connectivity index (χ0n) is 18.3. The minimum Gasteiger partial charge on any atom is -0.342 e. The predicted molar refractivity (Wildman–Crippen MR) is 116 cm³/mol. The van der Waals surface area contributed by atoms with E-state index >= 15 is 0 Å².